The molecule has 2 aliphatic heterocycles. The number of morpholine rings is 1. The summed E-state index contributed by atoms with van der Waals surface area (Å²) in [6.45, 7) is 10.0. The average molecular weight is 298 g/mol. The van der Waals surface area contributed by atoms with E-state index in [1.54, 1.807) is 0 Å². The van der Waals surface area contributed by atoms with Crippen LogP contribution in [0.5, 0.6) is 0 Å². The van der Waals surface area contributed by atoms with E-state index in [-0.39, 0.29) is 5.79 Å². The number of hydrogen-bond donors (Lipinski definition) is 1. The molecule has 0 amide bonds. The van der Waals surface area contributed by atoms with Gasteiger partial charge in [0.05, 0.1) is 26.4 Å². The van der Waals surface area contributed by atoms with Gasteiger partial charge >= 0.3 is 0 Å². The van der Waals surface area contributed by atoms with Crippen LogP contribution in [0.2, 0.25) is 0 Å². The lowest BCUT2D eigenvalue weighted by atomic mass is 9.89. The van der Waals surface area contributed by atoms with Gasteiger partial charge in [0.1, 0.15) is 0 Å². The highest BCUT2D eigenvalue weighted by Crippen LogP contribution is 2.35. The van der Waals surface area contributed by atoms with Gasteiger partial charge in [0.25, 0.3) is 0 Å². The van der Waals surface area contributed by atoms with Crippen molar-refractivity contribution in [3.63, 3.8) is 0 Å². The van der Waals surface area contributed by atoms with Gasteiger partial charge in [-0.15, -0.1) is 0 Å². The van der Waals surface area contributed by atoms with Gasteiger partial charge in [-0.05, 0) is 26.7 Å². The molecule has 0 aromatic rings. The lowest BCUT2D eigenvalue weighted by molar-refractivity contribution is -0.179. The Morgan fingerprint density at radius 3 is 2.24 bits per heavy atom. The minimum Gasteiger partial charge on any atom is -0.379 e. The highest BCUT2D eigenvalue weighted by Gasteiger charge is 2.40. The second-order valence-electron chi connectivity index (χ2n) is 6.73. The summed E-state index contributed by atoms with van der Waals surface area (Å²) < 4.78 is 17.1. The molecule has 0 aromatic carbocycles. The summed E-state index contributed by atoms with van der Waals surface area (Å²) in [7, 11) is 0. The maximum atomic E-state index is 5.81. The molecular formula is C16H30N2O3. The zero-order valence-electron chi connectivity index (χ0n) is 13.5. The minimum atomic E-state index is -0.239. The largest absolute Gasteiger partial charge is 0.379 e. The van der Waals surface area contributed by atoms with Crippen LogP contribution in [0.25, 0.3) is 0 Å². The first-order chi connectivity index (χ1) is 10.2. The number of nitrogens with zero attached hydrogens (tertiary/aromatic N) is 1. The molecule has 1 spiro atoms. The molecule has 2 atom stereocenters. The molecule has 5 heteroatoms. The molecule has 2 unspecified atom stereocenters. The van der Waals surface area contributed by atoms with E-state index in [0.717, 1.165) is 65.2 Å². The lowest BCUT2D eigenvalue weighted by Gasteiger charge is -2.40. The van der Waals surface area contributed by atoms with E-state index in [1.807, 2.05) is 0 Å². The summed E-state index contributed by atoms with van der Waals surface area (Å²) in [6.07, 6.45) is 4.37. The van der Waals surface area contributed by atoms with Crippen molar-refractivity contribution in [2.24, 2.45) is 0 Å². The van der Waals surface area contributed by atoms with Gasteiger partial charge in [0.2, 0.25) is 0 Å². The summed E-state index contributed by atoms with van der Waals surface area (Å²) in [5, 5.41) is 3.83. The summed E-state index contributed by atoms with van der Waals surface area (Å²) in [5.74, 6) is -0.239. The second-order valence-corrected chi connectivity index (χ2v) is 6.73. The maximum Gasteiger partial charge on any atom is 0.168 e. The van der Waals surface area contributed by atoms with Gasteiger partial charge in [-0.25, -0.2) is 0 Å². The summed E-state index contributed by atoms with van der Waals surface area (Å²) in [5.41, 5.74) is 0. The van der Waals surface area contributed by atoms with Crippen molar-refractivity contribution in [3.8, 4) is 0 Å². The minimum absolute atomic E-state index is 0.239. The number of nitrogens with one attached hydrogen (secondary N) is 1. The van der Waals surface area contributed by atoms with E-state index >= 15 is 0 Å². The van der Waals surface area contributed by atoms with Crippen molar-refractivity contribution in [2.45, 2.75) is 63.4 Å². The van der Waals surface area contributed by atoms with Gasteiger partial charge in [-0.3, -0.25) is 4.90 Å². The molecule has 3 rings (SSSR count). The molecular weight excluding hydrogens is 268 g/mol. The fourth-order valence-corrected chi connectivity index (χ4v) is 3.82. The molecule has 0 aromatic heterocycles. The highest BCUT2D eigenvalue weighted by molar-refractivity contribution is 4.88. The Hall–Kier alpha value is -0.200. The molecule has 1 aliphatic carbocycles. The van der Waals surface area contributed by atoms with E-state index < -0.39 is 0 Å². The first-order valence-corrected chi connectivity index (χ1v) is 8.54. The van der Waals surface area contributed by atoms with Crippen LogP contribution >= 0.6 is 0 Å². The van der Waals surface area contributed by atoms with Gasteiger partial charge < -0.3 is 19.5 Å². The molecule has 122 valence electrons. The van der Waals surface area contributed by atoms with Crippen LogP contribution in [0.3, 0.4) is 0 Å². The molecule has 0 bridgehead atoms. The van der Waals surface area contributed by atoms with Crippen molar-refractivity contribution in [1.82, 2.24) is 10.2 Å². The normalized spacial score (nSPS) is 30.6. The predicted octanol–water partition coefficient (Wildman–Crippen LogP) is 1.37. The third kappa shape index (κ3) is 3.77. The predicted molar refractivity (Wildman–Crippen MR) is 81.3 cm³/mol. The van der Waals surface area contributed by atoms with Gasteiger partial charge in [0, 0.05) is 44.1 Å². The topological polar surface area (TPSA) is 43.0 Å². The highest BCUT2D eigenvalue weighted by atomic mass is 16.7. The Labute approximate surface area is 128 Å². The zero-order chi connectivity index (χ0) is 14.7. The first kappa shape index (κ1) is 15.7. The first-order valence-electron chi connectivity index (χ1n) is 8.54. The molecule has 3 fully saturated rings. The Bertz CT molecular complexity index is 317. The van der Waals surface area contributed by atoms with Crippen molar-refractivity contribution in [1.29, 1.82) is 0 Å². The molecule has 3 aliphatic rings. The molecule has 5 nitrogen and oxygen atoms in total. The molecule has 0 radical (unpaired) electrons. The fourth-order valence-electron chi connectivity index (χ4n) is 3.82. The van der Waals surface area contributed by atoms with Crippen LogP contribution in [0, 0.1) is 0 Å². The van der Waals surface area contributed by atoms with Crippen molar-refractivity contribution in [2.75, 3.05) is 39.5 Å². The third-order valence-electron chi connectivity index (χ3n) is 5.40. The van der Waals surface area contributed by atoms with E-state index in [2.05, 4.69) is 24.1 Å². The maximum absolute atomic E-state index is 5.81. The van der Waals surface area contributed by atoms with Crippen molar-refractivity contribution >= 4 is 0 Å². The van der Waals surface area contributed by atoms with Crippen LogP contribution in [0.15, 0.2) is 0 Å². The van der Waals surface area contributed by atoms with E-state index in [4.69, 9.17) is 14.2 Å². The van der Waals surface area contributed by atoms with Crippen LogP contribution < -0.4 is 5.32 Å². The summed E-state index contributed by atoms with van der Waals surface area (Å²) in [4.78, 5) is 2.54. The van der Waals surface area contributed by atoms with E-state index in [1.165, 1.54) is 0 Å². The van der Waals surface area contributed by atoms with Crippen LogP contribution in [0.4, 0.5) is 0 Å². The van der Waals surface area contributed by atoms with Gasteiger partial charge in [0.15, 0.2) is 5.79 Å². The molecule has 1 N–H and O–H groups in total. The molecule has 21 heavy (non-hydrogen) atoms. The Balaban J connectivity index is 1.43. The summed E-state index contributed by atoms with van der Waals surface area (Å²) in [6, 6.07) is 1.67. The van der Waals surface area contributed by atoms with Gasteiger partial charge in [-0.1, -0.05) is 0 Å². The summed E-state index contributed by atoms with van der Waals surface area (Å²) >= 11 is 0. The Kier molecular flexibility index (Phi) is 5.17. The van der Waals surface area contributed by atoms with Crippen molar-refractivity contribution < 1.29 is 14.2 Å². The third-order valence-corrected chi connectivity index (χ3v) is 5.40. The quantitative estimate of drug-likeness (QED) is 0.849. The monoisotopic (exact) mass is 298 g/mol. The molecule has 2 saturated heterocycles. The Morgan fingerprint density at radius 1 is 1.00 bits per heavy atom. The standard InChI is InChI=1S/C16H30N2O3/c1-13(14(2)18-7-9-19-10-8-18)17-15-3-5-16(6-4-15)20-11-12-21-16/h13-15,17H,3-12H2,1-2H3. The molecule has 1 saturated carbocycles. The van der Waals surface area contributed by atoms with Crippen molar-refractivity contribution in [3.05, 3.63) is 0 Å². The Morgan fingerprint density at radius 2 is 1.62 bits per heavy atom. The average Bonchev–Trinajstić information content (AvgIpc) is 2.98. The molecule has 2 heterocycles. The second kappa shape index (κ2) is 6.92. The zero-order valence-corrected chi connectivity index (χ0v) is 13.5. The number of rotatable bonds is 4. The smallest absolute Gasteiger partial charge is 0.168 e. The number of ether oxygens (including phenoxy) is 3. The van der Waals surface area contributed by atoms with Gasteiger partial charge in [-0.2, -0.15) is 0 Å². The fraction of sp³-hybridized carbons (Fsp3) is 1.00. The SMILES string of the molecule is CC(NC1CCC2(CC1)OCCO2)C(C)N1CCOCC1. The number of hydrogen-bond acceptors (Lipinski definition) is 5. The van der Waals surface area contributed by atoms with E-state index in [9.17, 15) is 0 Å². The van der Waals surface area contributed by atoms with Crippen LogP contribution in [-0.2, 0) is 14.2 Å². The van der Waals surface area contributed by atoms with E-state index in [0.29, 0.717) is 18.1 Å². The van der Waals surface area contributed by atoms with Crippen LogP contribution in [-0.4, -0.2) is 68.3 Å². The lowest BCUT2D eigenvalue weighted by Crippen LogP contribution is -2.54. The van der Waals surface area contributed by atoms with Crippen LogP contribution in [0.1, 0.15) is 39.5 Å².